The van der Waals surface area contributed by atoms with Crippen molar-refractivity contribution in [1.82, 2.24) is 4.90 Å². The number of hydrogen-bond donors (Lipinski definition) is 2. The third kappa shape index (κ3) is 4.01. The van der Waals surface area contributed by atoms with Gasteiger partial charge in [-0.2, -0.15) is 0 Å². The van der Waals surface area contributed by atoms with E-state index in [0.717, 1.165) is 0 Å². The van der Waals surface area contributed by atoms with E-state index in [9.17, 15) is 5.11 Å². The molecule has 0 bridgehead atoms. The van der Waals surface area contributed by atoms with Crippen LogP contribution in [0.3, 0.4) is 0 Å². The molecule has 3 atom stereocenters. The van der Waals surface area contributed by atoms with Crippen LogP contribution in [0.1, 0.15) is 13.3 Å². The summed E-state index contributed by atoms with van der Waals surface area (Å²) in [5, 5.41) is 18.5. The zero-order valence-corrected chi connectivity index (χ0v) is 8.19. The van der Waals surface area contributed by atoms with Gasteiger partial charge in [0.2, 0.25) is 0 Å². The third-order valence-corrected chi connectivity index (χ3v) is 1.94. The monoisotopic (exact) mass is 177 g/mol. The lowest BCUT2D eigenvalue weighted by molar-refractivity contribution is -0.0984. The molecule has 0 spiro atoms. The fourth-order valence-corrected chi connectivity index (χ4v) is 1.14. The average Bonchev–Trinajstić information content (AvgIpc) is 1.98. The van der Waals surface area contributed by atoms with Gasteiger partial charge in [-0.15, -0.1) is 0 Å². The molecular weight excluding hydrogens is 158 g/mol. The van der Waals surface area contributed by atoms with E-state index < -0.39 is 12.4 Å². The number of ether oxygens (including phenoxy) is 1. The minimum absolute atomic E-state index is 0.0695. The number of hydrogen-bond acceptors (Lipinski definition) is 4. The summed E-state index contributed by atoms with van der Waals surface area (Å²) in [5.74, 6) is 0. The van der Waals surface area contributed by atoms with E-state index in [4.69, 9.17) is 9.84 Å². The first-order chi connectivity index (χ1) is 5.49. The lowest BCUT2D eigenvalue weighted by atomic mass is 10.1. The van der Waals surface area contributed by atoms with Crippen LogP contribution in [0.5, 0.6) is 0 Å². The van der Waals surface area contributed by atoms with Crippen LogP contribution in [0.25, 0.3) is 0 Å². The Morgan fingerprint density at radius 1 is 1.33 bits per heavy atom. The number of aliphatic hydroxyl groups excluding tert-OH is 2. The molecule has 0 radical (unpaired) electrons. The fourth-order valence-electron chi connectivity index (χ4n) is 1.14. The smallest absolute Gasteiger partial charge is 0.155 e. The molecule has 0 aromatic heterocycles. The van der Waals surface area contributed by atoms with Crippen molar-refractivity contribution in [3.8, 4) is 0 Å². The Morgan fingerprint density at radius 2 is 1.83 bits per heavy atom. The van der Waals surface area contributed by atoms with Crippen molar-refractivity contribution in [3.63, 3.8) is 0 Å². The molecule has 12 heavy (non-hydrogen) atoms. The topological polar surface area (TPSA) is 52.9 Å². The highest BCUT2D eigenvalue weighted by Crippen LogP contribution is 2.08. The lowest BCUT2D eigenvalue weighted by Crippen LogP contribution is -2.40. The van der Waals surface area contributed by atoms with Crippen LogP contribution in [0.15, 0.2) is 0 Å². The molecule has 0 aliphatic rings. The van der Waals surface area contributed by atoms with E-state index in [1.165, 1.54) is 7.11 Å². The highest BCUT2D eigenvalue weighted by molar-refractivity contribution is 4.72. The molecule has 0 amide bonds. The summed E-state index contributed by atoms with van der Waals surface area (Å²) in [5.41, 5.74) is 0. The predicted octanol–water partition coefficient (Wildman–Crippen LogP) is -0.348. The van der Waals surface area contributed by atoms with E-state index in [-0.39, 0.29) is 6.04 Å². The van der Waals surface area contributed by atoms with E-state index in [1.54, 1.807) is 6.92 Å². The molecule has 0 fully saturated rings. The maximum atomic E-state index is 9.32. The van der Waals surface area contributed by atoms with Gasteiger partial charge in [0.25, 0.3) is 0 Å². The maximum Gasteiger partial charge on any atom is 0.155 e. The normalized spacial score (nSPS) is 19.2. The van der Waals surface area contributed by atoms with Crippen LogP contribution in [-0.4, -0.2) is 54.8 Å². The highest BCUT2D eigenvalue weighted by Gasteiger charge is 2.20. The molecule has 3 unspecified atom stereocenters. The summed E-state index contributed by atoms with van der Waals surface area (Å²) in [6, 6.07) is -0.0695. The highest BCUT2D eigenvalue weighted by atomic mass is 16.6. The van der Waals surface area contributed by atoms with E-state index in [2.05, 4.69) is 0 Å². The average molecular weight is 177 g/mol. The summed E-state index contributed by atoms with van der Waals surface area (Å²) in [6.07, 6.45) is -0.849. The predicted molar refractivity (Wildman–Crippen MR) is 46.8 cm³/mol. The van der Waals surface area contributed by atoms with Crippen LogP contribution < -0.4 is 0 Å². The molecule has 0 saturated carbocycles. The molecule has 2 N–H and O–H groups in total. The second-order valence-electron chi connectivity index (χ2n) is 3.20. The molecule has 0 saturated heterocycles. The van der Waals surface area contributed by atoms with Gasteiger partial charge >= 0.3 is 0 Å². The minimum atomic E-state index is -0.799. The molecule has 74 valence electrons. The summed E-state index contributed by atoms with van der Waals surface area (Å²) in [6.45, 7) is 1.70. The second-order valence-corrected chi connectivity index (χ2v) is 3.20. The van der Waals surface area contributed by atoms with Crippen molar-refractivity contribution in [2.45, 2.75) is 31.8 Å². The third-order valence-electron chi connectivity index (χ3n) is 1.94. The maximum absolute atomic E-state index is 9.32. The van der Waals surface area contributed by atoms with Gasteiger partial charge in [0.1, 0.15) is 0 Å². The minimum Gasteiger partial charge on any atom is -0.392 e. The van der Waals surface area contributed by atoms with Crippen molar-refractivity contribution < 1.29 is 14.9 Å². The van der Waals surface area contributed by atoms with Gasteiger partial charge in [0.15, 0.2) is 6.29 Å². The van der Waals surface area contributed by atoms with Crippen LogP contribution >= 0.6 is 0 Å². The van der Waals surface area contributed by atoms with Crippen LogP contribution in [0.4, 0.5) is 0 Å². The quantitative estimate of drug-likeness (QED) is 0.564. The van der Waals surface area contributed by atoms with E-state index >= 15 is 0 Å². The molecule has 4 nitrogen and oxygen atoms in total. The second kappa shape index (κ2) is 5.48. The first kappa shape index (κ1) is 11.8. The van der Waals surface area contributed by atoms with Crippen LogP contribution in [0, 0.1) is 0 Å². The Labute approximate surface area is 73.8 Å². The fraction of sp³-hybridized carbons (Fsp3) is 1.00. The zero-order chi connectivity index (χ0) is 9.72. The molecular formula is C8H19NO3. The Morgan fingerprint density at radius 3 is 2.08 bits per heavy atom. The molecule has 0 aromatic carbocycles. The van der Waals surface area contributed by atoms with Crippen molar-refractivity contribution in [1.29, 1.82) is 0 Å². The van der Waals surface area contributed by atoms with Crippen LogP contribution in [0.2, 0.25) is 0 Å². The number of nitrogens with zero attached hydrogens (tertiary/aromatic N) is 1. The zero-order valence-electron chi connectivity index (χ0n) is 8.19. The summed E-state index contributed by atoms with van der Waals surface area (Å²) >= 11 is 0. The number of methoxy groups -OCH3 is 1. The number of likely N-dealkylation sites (N-methyl/N-ethyl adjacent to an activating group) is 1. The molecule has 0 aromatic rings. The van der Waals surface area contributed by atoms with Gasteiger partial charge in [-0.3, -0.25) is 0 Å². The summed E-state index contributed by atoms with van der Waals surface area (Å²) in [7, 11) is 5.17. The molecule has 0 heterocycles. The number of rotatable bonds is 5. The van der Waals surface area contributed by atoms with Gasteiger partial charge in [-0.05, 0) is 21.0 Å². The van der Waals surface area contributed by atoms with Crippen molar-refractivity contribution >= 4 is 0 Å². The Kier molecular flexibility index (Phi) is 5.41. The van der Waals surface area contributed by atoms with Gasteiger partial charge in [0, 0.05) is 19.6 Å². The van der Waals surface area contributed by atoms with Crippen molar-refractivity contribution in [2.24, 2.45) is 0 Å². The lowest BCUT2D eigenvalue weighted by Gasteiger charge is -2.28. The van der Waals surface area contributed by atoms with Gasteiger partial charge < -0.3 is 19.8 Å². The Balaban J connectivity index is 3.95. The summed E-state index contributed by atoms with van der Waals surface area (Å²) < 4.78 is 4.70. The first-order valence-electron chi connectivity index (χ1n) is 4.04. The SMILES string of the molecule is COC(O)CC(C(C)O)N(C)C. The Hall–Kier alpha value is -0.160. The van der Waals surface area contributed by atoms with Crippen LogP contribution in [-0.2, 0) is 4.74 Å². The molecule has 0 rings (SSSR count). The molecule has 0 aliphatic heterocycles. The van der Waals surface area contributed by atoms with Gasteiger partial charge in [-0.25, -0.2) is 0 Å². The van der Waals surface area contributed by atoms with Crippen molar-refractivity contribution in [3.05, 3.63) is 0 Å². The molecule has 4 heteroatoms. The van der Waals surface area contributed by atoms with Gasteiger partial charge in [-0.1, -0.05) is 0 Å². The van der Waals surface area contributed by atoms with Gasteiger partial charge in [0.05, 0.1) is 6.10 Å². The first-order valence-corrected chi connectivity index (χ1v) is 4.04. The van der Waals surface area contributed by atoms with E-state index in [0.29, 0.717) is 6.42 Å². The van der Waals surface area contributed by atoms with Crippen molar-refractivity contribution in [2.75, 3.05) is 21.2 Å². The summed E-state index contributed by atoms with van der Waals surface area (Å²) in [4.78, 5) is 1.87. The standard InChI is InChI=1S/C8H19NO3/c1-6(10)7(9(2)3)5-8(11)12-4/h6-8,10-11H,5H2,1-4H3. The molecule has 0 aliphatic carbocycles. The Bertz CT molecular complexity index is 109. The largest absolute Gasteiger partial charge is 0.392 e. The van der Waals surface area contributed by atoms with E-state index in [1.807, 2.05) is 19.0 Å². The number of aliphatic hydroxyl groups is 2.